The molecule has 32 heavy (non-hydrogen) atoms. The topological polar surface area (TPSA) is 15.3 Å². The van der Waals surface area contributed by atoms with Gasteiger partial charge in [0.25, 0.3) is 0 Å². The summed E-state index contributed by atoms with van der Waals surface area (Å²) in [5.74, 6) is 0.640. The maximum atomic E-state index is 3.26. The van der Waals surface area contributed by atoms with Crippen molar-refractivity contribution >= 4 is 11.4 Å². The summed E-state index contributed by atoms with van der Waals surface area (Å²) in [7, 11) is 4.24. The van der Waals surface area contributed by atoms with Gasteiger partial charge in [-0.25, -0.2) is 0 Å². The van der Waals surface area contributed by atoms with E-state index in [1.165, 1.54) is 27.9 Å². The van der Waals surface area contributed by atoms with Gasteiger partial charge < -0.3 is 10.2 Å². The lowest BCUT2D eigenvalue weighted by atomic mass is 9.69. The monoisotopic (exact) mass is 418 g/mol. The second-order valence-corrected chi connectivity index (χ2v) is 8.71. The zero-order chi connectivity index (χ0) is 21.9. The average molecular weight is 419 g/mol. The van der Waals surface area contributed by atoms with Crippen molar-refractivity contribution in [2.24, 2.45) is 0 Å². The third-order valence-electron chi connectivity index (χ3n) is 6.95. The van der Waals surface area contributed by atoms with Gasteiger partial charge in [-0.05, 0) is 46.9 Å². The molecule has 0 aliphatic carbocycles. The molecule has 4 aromatic rings. The number of rotatable bonds is 5. The Morgan fingerprint density at radius 2 is 1.31 bits per heavy atom. The van der Waals surface area contributed by atoms with Crippen LogP contribution in [0.5, 0.6) is 0 Å². The van der Waals surface area contributed by atoms with Gasteiger partial charge in [0, 0.05) is 43.3 Å². The van der Waals surface area contributed by atoms with Crippen LogP contribution in [-0.4, -0.2) is 20.1 Å². The van der Waals surface area contributed by atoms with Crippen LogP contribution >= 0.6 is 0 Å². The smallest absolute Gasteiger partial charge is 0.0405 e. The van der Waals surface area contributed by atoms with E-state index in [9.17, 15) is 0 Å². The minimum absolute atomic E-state index is 0.296. The van der Waals surface area contributed by atoms with Crippen molar-refractivity contribution in [1.29, 1.82) is 0 Å². The molecule has 4 aromatic carbocycles. The number of nitrogens with zero attached hydrogens (tertiary/aromatic N) is 1. The number of anilines is 2. The van der Waals surface area contributed by atoms with Crippen LogP contribution < -0.4 is 10.2 Å². The standard InChI is InChI=1S/C30H30N2/c1-31-25-19-17-24(18-20-25)29-26-15-9-10-16-27(26)32(2)28(21-22-11-5-3-6-12-22)30(29)23-13-7-4-8-14-23/h3-20,28-31H,21H2,1-2H3/t28-,29+,30-/m0/s1. The van der Waals surface area contributed by atoms with Crippen molar-refractivity contribution in [3.63, 3.8) is 0 Å². The van der Waals surface area contributed by atoms with E-state index < -0.39 is 0 Å². The zero-order valence-electron chi connectivity index (χ0n) is 18.8. The van der Waals surface area contributed by atoms with E-state index >= 15 is 0 Å². The van der Waals surface area contributed by atoms with Gasteiger partial charge in [0.2, 0.25) is 0 Å². The van der Waals surface area contributed by atoms with Gasteiger partial charge in [0.05, 0.1) is 0 Å². The number of likely N-dealkylation sites (N-methyl/N-ethyl adjacent to an activating group) is 1. The molecule has 1 heterocycles. The Morgan fingerprint density at radius 1 is 0.688 bits per heavy atom. The SMILES string of the molecule is CNc1ccc([C@@H]2c3ccccc3N(C)[C@@H](Cc3ccccc3)[C@@H]2c2ccccc2)cc1. The summed E-state index contributed by atoms with van der Waals surface area (Å²) >= 11 is 0. The van der Waals surface area contributed by atoms with Crippen molar-refractivity contribution in [2.45, 2.75) is 24.3 Å². The minimum atomic E-state index is 0.296. The Bertz CT molecular complexity index is 1150. The molecule has 0 aromatic heterocycles. The van der Waals surface area contributed by atoms with Crippen LogP contribution in [0.4, 0.5) is 11.4 Å². The largest absolute Gasteiger partial charge is 0.388 e. The molecule has 0 saturated carbocycles. The molecule has 3 atom stereocenters. The van der Waals surface area contributed by atoms with E-state index in [2.05, 4.69) is 126 Å². The summed E-state index contributed by atoms with van der Waals surface area (Å²) < 4.78 is 0. The first-order valence-corrected chi connectivity index (χ1v) is 11.4. The summed E-state index contributed by atoms with van der Waals surface area (Å²) in [6.07, 6.45) is 1.01. The van der Waals surface area contributed by atoms with Gasteiger partial charge in [-0.1, -0.05) is 91.0 Å². The number of para-hydroxylation sites is 1. The van der Waals surface area contributed by atoms with Gasteiger partial charge in [-0.15, -0.1) is 0 Å². The van der Waals surface area contributed by atoms with Crippen LogP contribution in [-0.2, 0) is 6.42 Å². The fraction of sp³-hybridized carbons (Fsp3) is 0.200. The molecule has 0 amide bonds. The Labute approximate surface area is 191 Å². The normalized spacial score (nSPS) is 19.9. The van der Waals surface area contributed by atoms with Gasteiger partial charge in [-0.2, -0.15) is 0 Å². The summed E-state index contributed by atoms with van der Waals surface area (Å²) in [6, 6.07) is 40.3. The van der Waals surface area contributed by atoms with Gasteiger partial charge in [0.1, 0.15) is 0 Å². The summed E-state index contributed by atoms with van der Waals surface area (Å²) in [5.41, 5.74) is 8.05. The first-order valence-electron chi connectivity index (χ1n) is 11.4. The molecule has 0 spiro atoms. The molecule has 0 radical (unpaired) electrons. The summed E-state index contributed by atoms with van der Waals surface area (Å²) in [6.45, 7) is 0. The molecule has 0 bridgehead atoms. The zero-order valence-corrected chi connectivity index (χ0v) is 18.8. The maximum absolute atomic E-state index is 3.26. The van der Waals surface area contributed by atoms with E-state index in [0.717, 1.165) is 12.1 Å². The molecule has 0 fully saturated rings. The van der Waals surface area contributed by atoms with Crippen LogP contribution in [0, 0.1) is 0 Å². The fourth-order valence-corrected chi connectivity index (χ4v) is 5.36. The molecule has 5 rings (SSSR count). The summed E-state index contributed by atoms with van der Waals surface area (Å²) in [5, 5.41) is 3.26. The van der Waals surface area contributed by atoms with E-state index in [0.29, 0.717) is 17.9 Å². The molecule has 0 saturated heterocycles. The summed E-state index contributed by atoms with van der Waals surface area (Å²) in [4.78, 5) is 2.51. The number of hydrogen-bond donors (Lipinski definition) is 1. The van der Waals surface area contributed by atoms with Gasteiger partial charge in [0.15, 0.2) is 0 Å². The second-order valence-electron chi connectivity index (χ2n) is 8.71. The molecule has 1 aliphatic rings. The van der Waals surface area contributed by atoms with E-state index in [1.54, 1.807) is 0 Å². The third-order valence-corrected chi connectivity index (χ3v) is 6.95. The van der Waals surface area contributed by atoms with Crippen LogP contribution in [0.15, 0.2) is 109 Å². The average Bonchev–Trinajstić information content (AvgIpc) is 2.87. The number of benzene rings is 4. The third kappa shape index (κ3) is 3.78. The first-order chi connectivity index (χ1) is 15.8. The molecule has 0 unspecified atom stereocenters. The lowest BCUT2D eigenvalue weighted by Gasteiger charge is -2.47. The fourth-order valence-electron chi connectivity index (χ4n) is 5.36. The molecule has 1 aliphatic heterocycles. The first kappa shape index (κ1) is 20.4. The molecule has 160 valence electrons. The van der Waals surface area contributed by atoms with E-state index in [1.807, 2.05) is 7.05 Å². The second kappa shape index (κ2) is 8.92. The highest BCUT2D eigenvalue weighted by Gasteiger charge is 2.41. The van der Waals surface area contributed by atoms with Crippen molar-refractivity contribution in [3.8, 4) is 0 Å². The quantitative estimate of drug-likeness (QED) is 0.388. The Morgan fingerprint density at radius 3 is 2.00 bits per heavy atom. The predicted octanol–water partition coefficient (Wildman–Crippen LogP) is 6.71. The molecular formula is C30H30N2. The van der Waals surface area contributed by atoms with Crippen LogP contribution in [0.2, 0.25) is 0 Å². The lowest BCUT2D eigenvalue weighted by Crippen LogP contribution is -2.45. The number of nitrogens with one attached hydrogen (secondary N) is 1. The van der Waals surface area contributed by atoms with E-state index in [-0.39, 0.29) is 0 Å². The highest BCUT2D eigenvalue weighted by Crippen LogP contribution is 2.50. The maximum Gasteiger partial charge on any atom is 0.0405 e. The molecule has 1 N–H and O–H groups in total. The highest BCUT2D eigenvalue weighted by molar-refractivity contribution is 5.63. The van der Waals surface area contributed by atoms with Crippen molar-refractivity contribution < 1.29 is 0 Å². The van der Waals surface area contributed by atoms with Crippen LogP contribution in [0.1, 0.15) is 34.1 Å². The van der Waals surface area contributed by atoms with Crippen LogP contribution in [0.3, 0.4) is 0 Å². The van der Waals surface area contributed by atoms with Crippen LogP contribution in [0.25, 0.3) is 0 Å². The lowest BCUT2D eigenvalue weighted by molar-refractivity contribution is 0.443. The van der Waals surface area contributed by atoms with Crippen molar-refractivity contribution in [3.05, 3.63) is 131 Å². The molecule has 2 heteroatoms. The Kier molecular flexibility index (Phi) is 5.68. The molecular weight excluding hydrogens is 388 g/mol. The number of hydrogen-bond acceptors (Lipinski definition) is 2. The van der Waals surface area contributed by atoms with Gasteiger partial charge >= 0.3 is 0 Å². The van der Waals surface area contributed by atoms with Gasteiger partial charge in [-0.3, -0.25) is 0 Å². The Balaban J connectivity index is 1.69. The molecule has 2 nitrogen and oxygen atoms in total. The minimum Gasteiger partial charge on any atom is -0.388 e. The number of fused-ring (bicyclic) bond motifs is 1. The van der Waals surface area contributed by atoms with E-state index in [4.69, 9.17) is 0 Å². The van der Waals surface area contributed by atoms with Crippen molar-refractivity contribution in [2.75, 3.05) is 24.3 Å². The Hall–Kier alpha value is -3.52. The predicted molar refractivity (Wildman–Crippen MR) is 136 cm³/mol. The highest BCUT2D eigenvalue weighted by atomic mass is 15.2. The van der Waals surface area contributed by atoms with Crippen molar-refractivity contribution in [1.82, 2.24) is 0 Å².